The molecule has 320 valence electrons. The third kappa shape index (κ3) is 5.24. The van der Waals surface area contributed by atoms with Crippen LogP contribution in [-0.2, 0) is 45.8 Å². The fourth-order valence-electron chi connectivity index (χ4n) is 13.2. The number of fused-ring (bicyclic) bond motifs is 6. The molecule has 60 heavy (non-hydrogen) atoms. The molecule has 13 heteroatoms. The van der Waals surface area contributed by atoms with Crippen LogP contribution in [0.15, 0.2) is 54.1 Å². The van der Waals surface area contributed by atoms with Crippen LogP contribution in [-0.4, -0.2) is 130 Å². The number of aromatic nitrogens is 1. The van der Waals surface area contributed by atoms with Gasteiger partial charge in [-0.3, -0.25) is 19.4 Å². The van der Waals surface area contributed by atoms with E-state index in [1.165, 1.54) is 26.7 Å². The summed E-state index contributed by atoms with van der Waals surface area (Å²) < 4.78 is 29.8. The lowest BCUT2D eigenvalue weighted by Gasteiger charge is -2.63. The average molecular weight is 823 g/mol. The topological polar surface area (TPSA) is 143 Å². The molecule has 3 aromatic rings. The molecule has 13 nitrogen and oxygen atoms in total. The van der Waals surface area contributed by atoms with Gasteiger partial charge in [-0.1, -0.05) is 37.6 Å². The minimum absolute atomic E-state index is 0.00646. The van der Waals surface area contributed by atoms with Crippen molar-refractivity contribution in [3.8, 4) is 11.5 Å². The summed E-state index contributed by atoms with van der Waals surface area (Å²) in [6, 6.07) is 8.87. The highest BCUT2D eigenvalue weighted by molar-refractivity contribution is 5.95. The van der Waals surface area contributed by atoms with E-state index in [-0.39, 0.29) is 12.0 Å². The van der Waals surface area contributed by atoms with Gasteiger partial charge < -0.3 is 38.7 Å². The van der Waals surface area contributed by atoms with Gasteiger partial charge in [-0.2, -0.15) is 0 Å². The number of methoxy groups -OCH3 is 4. The molecule has 1 saturated carbocycles. The molecule has 1 saturated heterocycles. The highest BCUT2D eigenvalue weighted by atomic mass is 16.6. The van der Waals surface area contributed by atoms with Crippen molar-refractivity contribution in [1.29, 1.82) is 0 Å². The molecule has 9 rings (SSSR count). The molecule has 1 aromatic heterocycles. The molecular formula is C47H58N4O9. The van der Waals surface area contributed by atoms with Gasteiger partial charge in [0.05, 0.1) is 34.5 Å². The van der Waals surface area contributed by atoms with E-state index in [1.807, 2.05) is 43.1 Å². The van der Waals surface area contributed by atoms with E-state index in [2.05, 4.69) is 46.0 Å². The Labute approximate surface area is 351 Å². The Morgan fingerprint density at radius 3 is 2.43 bits per heavy atom. The Morgan fingerprint density at radius 2 is 1.75 bits per heavy atom. The number of nitrogens with zero attached hydrogens (tertiary/aromatic N) is 3. The van der Waals surface area contributed by atoms with Crippen molar-refractivity contribution >= 4 is 34.5 Å². The first-order chi connectivity index (χ1) is 28.8. The van der Waals surface area contributed by atoms with E-state index in [4.69, 9.17) is 23.7 Å². The number of nitrogens with one attached hydrogen (secondary N) is 1. The molecular weight excluding hydrogens is 765 g/mol. The second-order valence-corrected chi connectivity index (χ2v) is 17.9. The predicted molar refractivity (Wildman–Crippen MR) is 225 cm³/mol. The zero-order valence-corrected chi connectivity index (χ0v) is 36.1. The maximum atomic E-state index is 15.4. The minimum atomic E-state index is -2.29. The van der Waals surface area contributed by atoms with Gasteiger partial charge in [0.2, 0.25) is 5.60 Å². The second-order valence-electron chi connectivity index (χ2n) is 17.9. The molecule has 2 fully saturated rings. The summed E-state index contributed by atoms with van der Waals surface area (Å²) in [4.78, 5) is 53.5. The number of aliphatic hydroxyl groups is 1. The molecule has 6 aliphatic rings. The molecule has 2 bridgehead atoms. The third-order valence-corrected chi connectivity index (χ3v) is 15.4. The number of benzene rings is 2. The first-order valence-corrected chi connectivity index (χ1v) is 21.4. The van der Waals surface area contributed by atoms with Crippen molar-refractivity contribution in [2.24, 2.45) is 11.3 Å². The maximum Gasteiger partial charge on any atom is 0.344 e. The van der Waals surface area contributed by atoms with Crippen LogP contribution in [0.3, 0.4) is 0 Å². The summed E-state index contributed by atoms with van der Waals surface area (Å²) in [5.41, 5.74) is 0.763. The monoisotopic (exact) mass is 822 g/mol. The number of aromatic amines is 1. The van der Waals surface area contributed by atoms with Crippen molar-refractivity contribution in [2.75, 3.05) is 73.1 Å². The number of anilines is 1. The average Bonchev–Trinajstić information content (AvgIpc) is 3.92. The molecule has 5 aliphatic heterocycles. The number of ether oxygens (including phenoxy) is 5. The second kappa shape index (κ2) is 14.4. The molecule has 2 aromatic carbocycles. The Hall–Kier alpha value is -4.85. The van der Waals surface area contributed by atoms with Crippen LogP contribution in [0.2, 0.25) is 0 Å². The van der Waals surface area contributed by atoms with Crippen LogP contribution in [0.4, 0.5) is 5.69 Å². The molecule has 9 atom stereocenters. The minimum Gasteiger partial charge on any atom is -0.497 e. The number of rotatable bonds is 8. The number of esters is 3. The summed E-state index contributed by atoms with van der Waals surface area (Å²) in [5, 5.41) is 14.3. The van der Waals surface area contributed by atoms with Crippen LogP contribution in [0.5, 0.6) is 11.5 Å². The van der Waals surface area contributed by atoms with Gasteiger partial charge in [-0.05, 0) is 80.0 Å². The molecule has 3 unspecified atom stereocenters. The van der Waals surface area contributed by atoms with Gasteiger partial charge >= 0.3 is 17.9 Å². The van der Waals surface area contributed by atoms with Crippen LogP contribution in [0, 0.1) is 11.3 Å². The van der Waals surface area contributed by atoms with Crippen molar-refractivity contribution in [3.05, 3.63) is 76.5 Å². The number of likely N-dealkylation sites (N-methyl/N-ethyl adjacent to an activating group) is 1. The van der Waals surface area contributed by atoms with Crippen molar-refractivity contribution in [1.82, 2.24) is 14.8 Å². The lowest BCUT2D eigenvalue weighted by atomic mass is 9.47. The Bertz CT molecular complexity index is 2340. The summed E-state index contributed by atoms with van der Waals surface area (Å²) >= 11 is 0. The van der Waals surface area contributed by atoms with Gasteiger partial charge in [0.15, 0.2) is 6.10 Å². The molecule has 6 heterocycles. The molecule has 1 aliphatic carbocycles. The quantitative estimate of drug-likeness (QED) is 0.183. The Morgan fingerprint density at radius 1 is 0.967 bits per heavy atom. The normalized spacial score (nSPS) is 33.9. The van der Waals surface area contributed by atoms with Crippen molar-refractivity contribution < 1.29 is 43.2 Å². The van der Waals surface area contributed by atoms with Crippen LogP contribution < -0.4 is 14.4 Å². The summed E-state index contributed by atoms with van der Waals surface area (Å²) in [7, 11) is 7.87. The highest BCUT2D eigenvalue weighted by Gasteiger charge is 2.80. The SMILES string of the molecule is CCC1=C[C@@H]2CN(CCc3c([nH]c4ccc(OC)cc34)[C@@](C(=O)OC)(c3cc4c(cc3OC)N(C)C3C(O)(C(=O)OC)[C@H](OC(C)=O)[C@]5(CC)C=CCN6CC[C@]43[C@@H]65)C2)C1. The van der Waals surface area contributed by atoms with Crippen molar-refractivity contribution in [3.63, 3.8) is 0 Å². The molecule has 0 amide bonds. The van der Waals surface area contributed by atoms with Crippen LogP contribution in [0.25, 0.3) is 10.9 Å². The standard InChI is InChI=1S/C47H58N4O9/c1-9-28-20-29-24-46(42(53)58-7,38-31(14-18-50(25-28)26-29)32-21-30(56-5)12-13-35(32)48-38)34-22-33-36(23-37(34)57-6)49(4)40-45(33)16-19-51-17-11-15-44(10-2,39(45)51)41(60-27(3)52)47(40,55)43(54)59-8/h11-13,15,20-23,29,39-41,48,55H,9-10,14,16-19,24-26H2,1-8H3/t29-,39-,40?,41+,44+,45+,46-,47?/m0/s1. The van der Waals surface area contributed by atoms with Gasteiger partial charge in [-0.15, -0.1) is 0 Å². The first-order valence-electron chi connectivity index (χ1n) is 21.4. The highest BCUT2D eigenvalue weighted by Crippen LogP contribution is 2.68. The largest absolute Gasteiger partial charge is 0.497 e. The van der Waals surface area contributed by atoms with Crippen LogP contribution >= 0.6 is 0 Å². The molecule has 2 N–H and O–H groups in total. The lowest BCUT2D eigenvalue weighted by Crippen LogP contribution is -2.81. The van der Waals surface area contributed by atoms with Gasteiger partial charge in [0, 0.05) is 90.9 Å². The van der Waals surface area contributed by atoms with E-state index in [0.29, 0.717) is 50.1 Å². The number of H-pyrrole nitrogens is 1. The lowest BCUT2D eigenvalue weighted by molar-refractivity contribution is -0.228. The fraction of sp³-hybridized carbons (Fsp3) is 0.553. The van der Waals surface area contributed by atoms with Gasteiger partial charge in [0.25, 0.3) is 0 Å². The number of hydrogen-bond acceptors (Lipinski definition) is 12. The van der Waals surface area contributed by atoms with E-state index >= 15 is 4.79 Å². The number of carbonyl (C=O) groups excluding carboxylic acids is 3. The van der Waals surface area contributed by atoms with E-state index in [1.54, 1.807) is 14.2 Å². The first kappa shape index (κ1) is 40.6. The number of carbonyl (C=O) groups is 3. The summed E-state index contributed by atoms with van der Waals surface area (Å²) in [6.45, 7) is 9.31. The zero-order valence-electron chi connectivity index (χ0n) is 36.1. The Balaban J connectivity index is 1.38. The fourth-order valence-corrected chi connectivity index (χ4v) is 13.2. The smallest absolute Gasteiger partial charge is 0.344 e. The Kier molecular flexibility index (Phi) is 9.72. The number of hydrogen-bond donors (Lipinski definition) is 2. The van der Waals surface area contributed by atoms with E-state index in [9.17, 15) is 14.7 Å². The third-order valence-electron chi connectivity index (χ3n) is 15.4. The van der Waals surface area contributed by atoms with E-state index < -0.39 is 51.9 Å². The van der Waals surface area contributed by atoms with Crippen molar-refractivity contribution in [2.45, 2.75) is 87.5 Å². The summed E-state index contributed by atoms with van der Waals surface area (Å²) in [5.74, 6) is -0.677. The van der Waals surface area contributed by atoms with Crippen LogP contribution in [0.1, 0.15) is 68.8 Å². The van der Waals surface area contributed by atoms with E-state index in [0.717, 1.165) is 65.2 Å². The summed E-state index contributed by atoms with van der Waals surface area (Å²) in [6.07, 6.45) is 8.27. The predicted octanol–water partition coefficient (Wildman–Crippen LogP) is 4.80. The molecule has 0 radical (unpaired) electrons. The zero-order chi connectivity index (χ0) is 42.5. The maximum absolute atomic E-state index is 15.4. The van der Waals surface area contributed by atoms with Gasteiger partial charge in [0.1, 0.15) is 16.9 Å². The molecule has 1 spiro atoms. The van der Waals surface area contributed by atoms with Gasteiger partial charge in [-0.25, -0.2) is 4.79 Å².